The SMILES string of the molecule is COCC(C)(C)C(=O)N1CCc2[nH]nc(-c3ccc(-c4ccccc4)cc3)c2C1. The van der Waals surface area contributed by atoms with Crippen molar-refractivity contribution in [3.63, 3.8) is 0 Å². The number of methoxy groups -OCH3 is 1. The van der Waals surface area contributed by atoms with Crippen LogP contribution in [0.15, 0.2) is 54.6 Å². The summed E-state index contributed by atoms with van der Waals surface area (Å²) in [6, 6.07) is 18.8. The van der Waals surface area contributed by atoms with Crippen molar-refractivity contribution in [1.29, 1.82) is 0 Å². The maximum atomic E-state index is 13.0. The molecule has 0 aliphatic carbocycles. The first-order valence-corrected chi connectivity index (χ1v) is 10.00. The van der Waals surface area contributed by atoms with Crippen LogP contribution in [0, 0.1) is 5.41 Å². The maximum Gasteiger partial charge on any atom is 0.230 e. The predicted octanol–water partition coefficient (Wildman–Crippen LogP) is 4.30. The second kappa shape index (κ2) is 7.84. The Hall–Kier alpha value is -2.92. The Balaban J connectivity index is 1.58. The largest absolute Gasteiger partial charge is 0.384 e. The molecule has 2 heterocycles. The van der Waals surface area contributed by atoms with E-state index in [0.717, 1.165) is 28.9 Å². The molecule has 0 unspecified atom stereocenters. The molecule has 5 nitrogen and oxygen atoms in total. The smallest absolute Gasteiger partial charge is 0.230 e. The van der Waals surface area contributed by atoms with E-state index in [1.165, 1.54) is 11.1 Å². The molecular formula is C24H27N3O2. The number of rotatable bonds is 5. The number of nitrogens with one attached hydrogen (secondary N) is 1. The van der Waals surface area contributed by atoms with Crippen molar-refractivity contribution < 1.29 is 9.53 Å². The number of aromatic amines is 1. The maximum absolute atomic E-state index is 13.0. The fourth-order valence-electron chi connectivity index (χ4n) is 4.01. The van der Waals surface area contributed by atoms with Crippen molar-refractivity contribution in [3.8, 4) is 22.4 Å². The molecular weight excluding hydrogens is 362 g/mol. The fraction of sp³-hybridized carbons (Fsp3) is 0.333. The molecule has 1 aliphatic heterocycles. The second-order valence-corrected chi connectivity index (χ2v) is 8.27. The molecule has 1 aliphatic rings. The Kier molecular flexibility index (Phi) is 5.24. The minimum absolute atomic E-state index is 0.122. The van der Waals surface area contributed by atoms with E-state index in [4.69, 9.17) is 4.74 Å². The molecule has 0 atom stereocenters. The molecule has 0 bridgehead atoms. The molecule has 0 radical (unpaired) electrons. The van der Waals surface area contributed by atoms with Crippen LogP contribution in [0.2, 0.25) is 0 Å². The van der Waals surface area contributed by atoms with Gasteiger partial charge in [-0.05, 0) is 25.0 Å². The Bertz CT molecular complexity index is 991. The summed E-state index contributed by atoms with van der Waals surface area (Å²) in [7, 11) is 1.64. The van der Waals surface area contributed by atoms with Gasteiger partial charge in [0.2, 0.25) is 5.91 Å². The van der Waals surface area contributed by atoms with E-state index >= 15 is 0 Å². The van der Waals surface area contributed by atoms with Gasteiger partial charge in [0.05, 0.1) is 17.7 Å². The topological polar surface area (TPSA) is 58.2 Å². The predicted molar refractivity (Wildman–Crippen MR) is 114 cm³/mol. The molecule has 2 aromatic carbocycles. The van der Waals surface area contributed by atoms with Crippen molar-refractivity contribution in [2.75, 3.05) is 20.3 Å². The van der Waals surface area contributed by atoms with Crippen molar-refractivity contribution in [1.82, 2.24) is 15.1 Å². The molecule has 0 fully saturated rings. The molecule has 4 rings (SSSR count). The number of hydrogen-bond acceptors (Lipinski definition) is 3. The van der Waals surface area contributed by atoms with Gasteiger partial charge in [-0.25, -0.2) is 0 Å². The molecule has 0 saturated heterocycles. The Morgan fingerprint density at radius 2 is 1.72 bits per heavy atom. The zero-order chi connectivity index (χ0) is 20.4. The molecule has 0 saturated carbocycles. The highest BCUT2D eigenvalue weighted by molar-refractivity contribution is 5.83. The molecule has 29 heavy (non-hydrogen) atoms. The van der Waals surface area contributed by atoms with Gasteiger partial charge in [-0.2, -0.15) is 5.10 Å². The van der Waals surface area contributed by atoms with Crippen LogP contribution in [0.25, 0.3) is 22.4 Å². The summed E-state index contributed by atoms with van der Waals surface area (Å²) >= 11 is 0. The summed E-state index contributed by atoms with van der Waals surface area (Å²) in [6.07, 6.45) is 0.791. The van der Waals surface area contributed by atoms with E-state index in [1.807, 2.05) is 36.9 Å². The van der Waals surface area contributed by atoms with Crippen LogP contribution in [0.3, 0.4) is 0 Å². The lowest BCUT2D eigenvalue weighted by Crippen LogP contribution is -2.45. The third kappa shape index (κ3) is 3.83. The van der Waals surface area contributed by atoms with Crippen molar-refractivity contribution >= 4 is 5.91 Å². The molecule has 1 N–H and O–H groups in total. The lowest BCUT2D eigenvalue weighted by molar-refractivity contribution is -0.144. The van der Waals surface area contributed by atoms with Crippen LogP contribution in [-0.2, 0) is 22.5 Å². The lowest BCUT2D eigenvalue weighted by Gasteiger charge is -2.34. The van der Waals surface area contributed by atoms with E-state index in [0.29, 0.717) is 19.7 Å². The number of carbonyl (C=O) groups is 1. The number of amides is 1. The summed E-state index contributed by atoms with van der Waals surface area (Å²) in [5.41, 5.74) is 6.07. The van der Waals surface area contributed by atoms with Gasteiger partial charge in [0.25, 0.3) is 0 Å². The minimum Gasteiger partial charge on any atom is -0.384 e. The minimum atomic E-state index is -0.534. The molecule has 3 aromatic rings. The zero-order valence-corrected chi connectivity index (χ0v) is 17.2. The Labute approximate surface area is 171 Å². The normalized spacial score (nSPS) is 14.0. The second-order valence-electron chi connectivity index (χ2n) is 8.27. The first kappa shape index (κ1) is 19.4. The van der Waals surface area contributed by atoms with E-state index in [2.05, 4.69) is 46.6 Å². The van der Waals surface area contributed by atoms with E-state index in [-0.39, 0.29) is 5.91 Å². The van der Waals surface area contributed by atoms with Gasteiger partial charge < -0.3 is 9.64 Å². The third-order valence-electron chi connectivity index (χ3n) is 5.57. The van der Waals surface area contributed by atoms with Gasteiger partial charge in [0.1, 0.15) is 0 Å². The molecule has 1 aromatic heterocycles. The summed E-state index contributed by atoms with van der Waals surface area (Å²) in [4.78, 5) is 14.9. The van der Waals surface area contributed by atoms with Crippen LogP contribution >= 0.6 is 0 Å². The lowest BCUT2D eigenvalue weighted by atomic mass is 9.91. The summed E-state index contributed by atoms with van der Waals surface area (Å²) in [5.74, 6) is 0.122. The Morgan fingerprint density at radius 1 is 1.07 bits per heavy atom. The van der Waals surface area contributed by atoms with Crippen molar-refractivity contribution in [2.45, 2.75) is 26.8 Å². The number of ether oxygens (including phenoxy) is 1. The molecule has 5 heteroatoms. The number of benzene rings is 2. The van der Waals surface area contributed by atoms with Gasteiger partial charge >= 0.3 is 0 Å². The van der Waals surface area contributed by atoms with Crippen molar-refractivity contribution in [2.24, 2.45) is 5.41 Å². The Morgan fingerprint density at radius 3 is 2.41 bits per heavy atom. The number of fused-ring (bicyclic) bond motifs is 1. The van der Waals surface area contributed by atoms with Gasteiger partial charge in [-0.15, -0.1) is 0 Å². The number of aromatic nitrogens is 2. The first-order valence-electron chi connectivity index (χ1n) is 10.00. The molecule has 150 valence electrons. The van der Waals surface area contributed by atoms with Gasteiger partial charge in [-0.3, -0.25) is 9.89 Å². The highest BCUT2D eigenvalue weighted by atomic mass is 16.5. The number of hydrogen-bond donors (Lipinski definition) is 1. The highest BCUT2D eigenvalue weighted by Gasteiger charge is 2.35. The van der Waals surface area contributed by atoms with Crippen LogP contribution in [0.5, 0.6) is 0 Å². The number of nitrogens with zero attached hydrogens (tertiary/aromatic N) is 2. The van der Waals surface area contributed by atoms with E-state index < -0.39 is 5.41 Å². The monoisotopic (exact) mass is 389 g/mol. The van der Waals surface area contributed by atoms with Crippen LogP contribution in [-0.4, -0.2) is 41.3 Å². The summed E-state index contributed by atoms with van der Waals surface area (Å²) in [5, 5.41) is 7.76. The summed E-state index contributed by atoms with van der Waals surface area (Å²) < 4.78 is 5.25. The fourth-order valence-corrected chi connectivity index (χ4v) is 4.01. The first-order chi connectivity index (χ1) is 14.0. The van der Waals surface area contributed by atoms with Crippen LogP contribution in [0.1, 0.15) is 25.1 Å². The molecule has 1 amide bonds. The van der Waals surface area contributed by atoms with Gasteiger partial charge in [0, 0.05) is 43.4 Å². The molecule has 0 spiro atoms. The third-order valence-corrected chi connectivity index (χ3v) is 5.57. The number of carbonyl (C=O) groups excluding carboxylic acids is 1. The number of H-pyrrole nitrogens is 1. The van der Waals surface area contributed by atoms with Gasteiger partial charge in [-0.1, -0.05) is 54.6 Å². The highest BCUT2D eigenvalue weighted by Crippen LogP contribution is 2.32. The van der Waals surface area contributed by atoms with E-state index in [9.17, 15) is 4.79 Å². The van der Waals surface area contributed by atoms with Crippen molar-refractivity contribution in [3.05, 3.63) is 65.9 Å². The standard InChI is InChI=1S/C24H27N3O2/c1-24(2,16-29-3)23(28)27-14-13-21-20(15-27)22(26-25-21)19-11-9-18(10-12-19)17-7-5-4-6-8-17/h4-12H,13-16H2,1-3H3,(H,25,26). The van der Waals surface area contributed by atoms with Crippen LogP contribution in [0.4, 0.5) is 0 Å². The average molecular weight is 389 g/mol. The van der Waals surface area contributed by atoms with E-state index in [1.54, 1.807) is 7.11 Å². The quantitative estimate of drug-likeness (QED) is 0.708. The van der Waals surface area contributed by atoms with Gasteiger partial charge in [0.15, 0.2) is 0 Å². The zero-order valence-electron chi connectivity index (χ0n) is 17.2. The van der Waals surface area contributed by atoms with Crippen LogP contribution < -0.4 is 0 Å². The average Bonchev–Trinajstić information content (AvgIpc) is 3.17. The summed E-state index contributed by atoms with van der Waals surface area (Å²) in [6.45, 7) is 5.56.